The first-order chi connectivity index (χ1) is 7.86. The molecule has 0 aliphatic rings. The molecule has 0 aromatic heterocycles. The van der Waals surface area contributed by atoms with Crippen molar-refractivity contribution in [2.45, 2.75) is 31.7 Å². The molecular formula is C12H19NO3S. The number of methoxy groups -OCH3 is 1. The fraction of sp³-hybridized carbons (Fsp3) is 0.500. The summed E-state index contributed by atoms with van der Waals surface area (Å²) in [4.78, 5) is 0.325. The van der Waals surface area contributed by atoms with Gasteiger partial charge in [-0.05, 0) is 32.4 Å². The largest absolute Gasteiger partial charge is 0.383 e. The normalized spacial score (nSPS) is 13.6. The molecule has 1 atom stereocenters. The monoisotopic (exact) mass is 257 g/mol. The highest BCUT2D eigenvalue weighted by atomic mass is 32.2. The van der Waals surface area contributed by atoms with Crippen molar-refractivity contribution in [1.29, 1.82) is 0 Å². The molecule has 17 heavy (non-hydrogen) atoms. The number of aryl methyl sites for hydroxylation is 2. The fourth-order valence-corrected chi connectivity index (χ4v) is 3.17. The van der Waals surface area contributed by atoms with Crippen LogP contribution in [0.25, 0.3) is 0 Å². The summed E-state index contributed by atoms with van der Waals surface area (Å²) >= 11 is 0. The Labute approximate surface area is 103 Å². The molecule has 0 saturated heterocycles. The Morgan fingerprint density at radius 3 is 2.53 bits per heavy atom. The van der Waals surface area contributed by atoms with Crippen molar-refractivity contribution in [3.63, 3.8) is 0 Å². The van der Waals surface area contributed by atoms with E-state index in [1.54, 1.807) is 33.1 Å². The molecule has 96 valence electrons. The second-order valence-electron chi connectivity index (χ2n) is 4.25. The van der Waals surface area contributed by atoms with Gasteiger partial charge in [-0.2, -0.15) is 0 Å². The van der Waals surface area contributed by atoms with Crippen molar-refractivity contribution in [2.24, 2.45) is 0 Å². The van der Waals surface area contributed by atoms with Gasteiger partial charge < -0.3 is 4.74 Å². The van der Waals surface area contributed by atoms with Crippen LogP contribution in [-0.2, 0) is 14.8 Å². The molecule has 0 bridgehead atoms. The molecule has 0 radical (unpaired) electrons. The maximum Gasteiger partial charge on any atom is 0.241 e. The Bertz CT molecular complexity index is 483. The summed E-state index contributed by atoms with van der Waals surface area (Å²) in [6.07, 6.45) is 0. The first-order valence-electron chi connectivity index (χ1n) is 5.45. The minimum absolute atomic E-state index is 0.245. The predicted molar refractivity (Wildman–Crippen MR) is 67.6 cm³/mol. The quantitative estimate of drug-likeness (QED) is 0.872. The van der Waals surface area contributed by atoms with Gasteiger partial charge in [-0.25, -0.2) is 13.1 Å². The highest BCUT2D eigenvalue weighted by molar-refractivity contribution is 7.89. The van der Waals surface area contributed by atoms with Gasteiger partial charge in [-0.3, -0.25) is 0 Å². The van der Waals surface area contributed by atoms with E-state index in [0.717, 1.165) is 11.1 Å². The molecule has 0 fully saturated rings. The van der Waals surface area contributed by atoms with Crippen molar-refractivity contribution in [2.75, 3.05) is 13.7 Å². The lowest BCUT2D eigenvalue weighted by Gasteiger charge is -2.14. The maximum absolute atomic E-state index is 12.1. The fourth-order valence-electron chi connectivity index (χ4n) is 1.71. The van der Waals surface area contributed by atoms with Gasteiger partial charge in [0.2, 0.25) is 10.0 Å². The zero-order valence-corrected chi connectivity index (χ0v) is 11.5. The molecule has 1 aromatic rings. The molecule has 0 aliphatic carbocycles. The summed E-state index contributed by atoms with van der Waals surface area (Å²) in [5.41, 5.74) is 1.80. The van der Waals surface area contributed by atoms with E-state index >= 15 is 0 Å². The highest BCUT2D eigenvalue weighted by Crippen LogP contribution is 2.16. The Balaban J connectivity index is 2.97. The summed E-state index contributed by atoms with van der Waals surface area (Å²) in [5, 5.41) is 0. The summed E-state index contributed by atoms with van der Waals surface area (Å²) in [6.45, 7) is 5.85. The number of sulfonamides is 1. The maximum atomic E-state index is 12.1. The predicted octanol–water partition coefficient (Wildman–Crippen LogP) is 1.62. The molecule has 1 rings (SSSR count). The van der Waals surface area contributed by atoms with Crippen LogP contribution in [0.2, 0.25) is 0 Å². The van der Waals surface area contributed by atoms with Crippen LogP contribution in [0.3, 0.4) is 0 Å². The number of ether oxygens (including phenoxy) is 1. The highest BCUT2D eigenvalue weighted by Gasteiger charge is 2.19. The second kappa shape index (κ2) is 5.62. The van der Waals surface area contributed by atoms with Crippen LogP contribution >= 0.6 is 0 Å². The Morgan fingerprint density at radius 1 is 1.35 bits per heavy atom. The molecule has 1 N–H and O–H groups in total. The molecule has 0 spiro atoms. The molecular weight excluding hydrogens is 238 g/mol. The van der Waals surface area contributed by atoms with Crippen molar-refractivity contribution in [3.05, 3.63) is 29.3 Å². The third-order valence-corrected chi connectivity index (χ3v) is 4.14. The minimum atomic E-state index is -3.46. The average Bonchev–Trinajstić information content (AvgIpc) is 2.15. The summed E-state index contributed by atoms with van der Waals surface area (Å²) in [7, 11) is -1.92. The van der Waals surface area contributed by atoms with Gasteiger partial charge in [0, 0.05) is 13.2 Å². The summed E-state index contributed by atoms with van der Waals surface area (Å²) in [6, 6.07) is 5.04. The van der Waals surface area contributed by atoms with Gasteiger partial charge in [0.05, 0.1) is 11.5 Å². The first-order valence-corrected chi connectivity index (χ1v) is 6.93. The van der Waals surface area contributed by atoms with E-state index in [1.165, 1.54) is 0 Å². The van der Waals surface area contributed by atoms with E-state index in [-0.39, 0.29) is 6.04 Å². The smallest absolute Gasteiger partial charge is 0.241 e. The van der Waals surface area contributed by atoms with Crippen LogP contribution in [0.5, 0.6) is 0 Å². The zero-order valence-electron chi connectivity index (χ0n) is 10.6. The lowest BCUT2D eigenvalue weighted by atomic mass is 10.2. The summed E-state index contributed by atoms with van der Waals surface area (Å²) in [5.74, 6) is 0. The van der Waals surface area contributed by atoms with Crippen LogP contribution in [0.15, 0.2) is 23.1 Å². The summed E-state index contributed by atoms with van der Waals surface area (Å²) < 4.78 is 31.7. The number of benzene rings is 1. The van der Waals surface area contributed by atoms with Crippen molar-refractivity contribution in [1.82, 2.24) is 4.72 Å². The van der Waals surface area contributed by atoms with E-state index < -0.39 is 10.0 Å². The van der Waals surface area contributed by atoms with E-state index in [4.69, 9.17) is 4.74 Å². The Kier molecular flexibility index (Phi) is 4.68. The molecule has 0 amide bonds. The number of rotatable bonds is 5. The lowest BCUT2D eigenvalue weighted by Crippen LogP contribution is -2.35. The molecule has 0 heterocycles. The van der Waals surface area contributed by atoms with Crippen LogP contribution in [-0.4, -0.2) is 28.2 Å². The van der Waals surface area contributed by atoms with E-state index in [0.29, 0.717) is 11.5 Å². The second-order valence-corrected chi connectivity index (χ2v) is 5.93. The van der Waals surface area contributed by atoms with Crippen LogP contribution in [0, 0.1) is 13.8 Å². The minimum Gasteiger partial charge on any atom is -0.383 e. The first kappa shape index (κ1) is 14.2. The van der Waals surface area contributed by atoms with Crippen LogP contribution in [0.1, 0.15) is 18.1 Å². The average molecular weight is 257 g/mol. The van der Waals surface area contributed by atoms with Gasteiger partial charge in [-0.1, -0.05) is 17.7 Å². The molecule has 5 heteroatoms. The standard InChI is InChI=1S/C12H19NO3S/c1-9-5-6-12(10(2)7-9)17(14,15)13-11(3)8-16-4/h5-7,11,13H,8H2,1-4H3/t11-/m1/s1. The van der Waals surface area contributed by atoms with E-state index in [9.17, 15) is 8.42 Å². The van der Waals surface area contributed by atoms with Crippen molar-refractivity contribution in [3.8, 4) is 0 Å². The Hall–Kier alpha value is -0.910. The van der Waals surface area contributed by atoms with Gasteiger partial charge >= 0.3 is 0 Å². The third-order valence-electron chi connectivity index (χ3n) is 2.39. The van der Waals surface area contributed by atoms with Crippen LogP contribution in [0.4, 0.5) is 0 Å². The number of nitrogens with one attached hydrogen (secondary N) is 1. The molecule has 0 unspecified atom stereocenters. The molecule has 0 aliphatic heterocycles. The van der Waals surface area contributed by atoms with Crippen molar-refractivity contribution < 1.29 is 13.2 Å². The SMILES string of the molecule is COC[C@@H](C)NS(=O)(=O)c1ccc(C)cc1C. The van der Waals surface area contributed by atoms with Crippen molar-refractivity contribution >= 4 is 10.0 Å². The van der Waals surface area contributed by atoms with E-state index in [1.807, 2.05) is 13.0 Å². The van der Waals surface area contributed by atoms with Gasteiger partial charge in [0.15, 0.2) is 0 Å². The third kappa shape index (κ3) is 3.80. The van der Waals surface area contributed by atoms with E-state index in [2.05, 4.69) is 4.72 Å². The lowest BCUT2D eigenvalue weighted by molar-refractivity contribution is 0.180. The number of hydrogen-bond donors (Lipinski definition) is 1. The van der Waals surface area contributed by atoms with Gasteiger partial charge in [-0.15, -0.1) is 0 Å². The zero-order chi connectivity index (χ0) is 13.1. The number of hydrogen-bond acceptors (Lipinski definition) is 3. The molecule has 4 nitrogen and oxygen atoms in total. The molecule has 0 saturated carbocycles. The van der Waals surface area contributed by atoms with Gasteiger partial charge in [0.1, 0.15) is 0 Å². The van der Waals surface area contributed by atoms with Crippen LogP contribution < -0.4 is 4.72 Å². The Morgan fingerprint density at radius 2 is 2.00 bits per heavy atom. The molecule has 1 aromatic carbocycles. The van der Waals surface area contributed by atoms with Gasteiger partial charge in [0.25, 0.3) is 0 Å². The topological polar surface area (TPSA) is 55.4 Å².